The molecule has 8 heteroatoms. The third-order valence-corrected chi connectivity index (χ3v) is 6.49. The molecule has 0 saturated carbocycles. The molecular weight excluding hydrogens is 380 g/mol. The van der Waals surface area contributed by atoms with Gasteiger partial charge in [0.1, 0.15) is 5.00 Å². The van der Waals surface area contributed by atoms with Gasteiger partial charge in [-0.05, 0) is 30.4 Å². The van der Waals surface area contributed by atoms with Gasteiger partial charge in [-0.25, -0.2) is 4.98 Å². The number of imidazole rings is 1. The van der Waals surface area contributed by atoms with Crippen molar-refractivity contribution < 1.29 is 9.59 Å². The van der Waals surface area contributed by atoms with E-state index in [1.54, 1.807) is 6.20 Å². The first-order valence-electron chi connectivity index (χ1n) is 8.59. The lowest BCUT2D eigenvalue weighted by molar-refractivity contribution is -0.113. The normalized spacial score (nSPS) is 12.7. The van der Waals surface area contributed by atoms with Crippen LogP contribution in [0.3, 0.4) is 0 Å². The van der Waals surface area contributed by atoms with E-state index in [1.165, 1.54) is 23.1 Å². The third-order valence-electron chi connectivity index (χ3n) is 4.40. The Morgan fingerprint density at radius 1 is 1.26 bits per heavy atom. The molecule has 6 nitrogen and oxygen atoms in total. The van der Waals surface area contributed by atoms with Gasteiger partial charge in [0.25, 0.3) is 5.91 Å². The molecule has 2 aromatic heterocycles. The highest BCUT2D eigenvalue weighted by molar-refractivity contribution is 7.99. The Bertz CT molecular complexity index is 995. The second kappa shape index (κ2) is 7.58. The van der Waals surface area contributed by atoms with Crippen molar-refractivity contribution in [2.24, 2.45) is 5.73 Å². The molecule has 3 aromatic rings. The monoisotopic (exact) mass is 398 g/mol. The lowest BCUT2D eigenvalue weighted by Gasteiger charge is -2.05. The van der Waals surface area contributed by atoms with Crippen LogP contribution >= 0.6 is 23.1 Å². The quantitative estimate of drug-likeness (QED) is 0.554. The molecule has 0 radical (unpaired) electrons. The maximum absolute atomic E-state index is 12.3. The van der Waals surface area contributed by atoms with Gasteiger partial charge in [0.2, 0.25) is 5.91 Å². The lowest BCUT2D eigenvalue weighted by Crippen LogP contribution is -2.18. The summed E-state index contributed by atoms with van der Waals surface area (Å²) in [5.41, 5.74) is 8.97. The molecule has 1 aromatic carbocycles. The number of thiophene rings is 1. The number of anilines is 1. The Kier molecular flexibility index (Phi) is 5.00. The van der Waals surface area contributed by atoms with Crippen LogP contribution in [0.25, 0.3) is 11.3 Å². The Hall–Kier alpha value is -2.58. The van der Waals surface area contributed by atoms with Gasteiger partial charge in [-0.15, -0.1) is 11.3 Å². The number of nitrogens with two attached hydrogens (primary N) is 1. The van der Waals surface area contributed by atoms with Crippen molar-refractivity contribution in [3.8, 4) is 11.3 Å². The van der Waals surface area contributed by atoms with Crippen molar-refractivity contribution in [3.05, 3.63) is 52.5 Å². The number of fused-ring (bicyclic) bond motifs is 1. The van der Waals surface area contributed by atoms with E-state index in [9.17, 15) is 9.59 Å². The minimum atomic E-state index is -0.476. The number of carbonyl (C=O) groups excluding carboxylic acids is 2. The first-order valence-corrected chi connectivity index (χ1v) is 10.4. The van der Waals surface area contributed by atoms with Crippen LogP contribution in [-0.4, -0.2) is 27.5 Å². The largest absolute Gasteiger partial charge is 0.365 e. The Balaban J connectivity index is 1.40. The van der Waals surface area contributed by atoms with Gasteiger partial charge in [0, 0.05) is 4.88 Å². The standard InChI is InChI=1S/C19H18N4O2S2/c20-17(25)16-12-7-4-8-14(12)27-18(16)23-15(24)10-26-19-21-9-13(22-19)11-5-2-1-3-6-11/h1-3,5-6,9H,4,7-8,10H2,(H2,20,25)(H,21,22)(H,23,24). The number of aryl methyl sites for hydroxylation is 1. The van der Waals surface area contributed by atoms with E-state index in [4.69, 9.17) is 5.73 Å². The fraction of sp³-hybridized carbons (Fsp3) is 0.211. The minimum Gasteiger partial charge on any atom is -0.365 e. The number of nitrogens with one attached hydrogen (secondary N) is 2. The smallest absolute Gasteiger partial charge is 0.251 e. The van der Waals surface area contributed by atoms with Crippen LogP contribution in [0.15, 0.2) is 41.7 Å². The first kappa shape index (κ1) is 17.8. The van der Waals surface area contributed by atoms with E-state index >= 15 is 0 Å². The van der Waals surface area contributed by atoms with Gasteiger partial charge in [-0.2, -0.15) is 0 Å². The van der Waals surface area contributed by atoms with Crippen molar-refractivity contribution in [2.45, 2.75) is 24.4 Å². The summed E-state index contributed by atoms with van der Waals surface area (Å²) in [6, 6.07) is 9.88. The van der Waals surface area contributed by atoms with Crippen LogP contribution in [0.2, 0.25) is 0 Å². The summed E-state index contributed by atoms with van der Waals surface area (Å²) in [4.78, 5) is 32.8. The van der Waals surface area contributed by atoms with Gasteiger partial charge in [0.15, 0.2) is 5.16 Å². The average molecular weight is 399 g/mol. The summed E-state index contributed by atoms with van der Waals surface area (Å²) in [6.45, 7) is 0. The Labute approximate surface area is 164 Å². The fourth-order valence-corrected chi connectivity index (χ4v) is 5.15. The molecule has 0 atom stereocenters. The van der Waals surface area contributed by atoms with E-state index < -0.39 is 5.91 Å². The number of H-pyrrole nitrogens is 1. The molecule has 4 N–H and O–H groups in total. The van der Waals surface area contributed by atoms with Crippen LogP contribution in [0.4, 0.5) is 5.00 Å². The van der Waals surface area contributed by atoms with Crippen molar-refractivity contribution in [1.82, 2.24) is 9.97 Å². The fourth-order valence-electron chi connectivity index (χ4n) is 3.19. The summed E-state index contributed by atoms with van der Waals surface area (Å²) in [5, 5.41) is 4.09. The molecule has 1 aliphatic rings. The number of hydrogen-bond acceptors (Lipinski definition) is 5. The molecule has 4 rings (SSSR count). The van der Waals surface area contributed by atoms with Gasteiger partial charge >= 0.3 is 0 Å². The van der Waals surface area contributed by atoms with Crippen molar-refractivity contribution >= 4 is 39.9 Å². The molecule has 138 valence electrons. The van der Waals surface area contributed by atoms with Gasteiger partial charge in [-0.1, -0.05) is 42.1 Å². The Morgan fingerprint density at radius 2 is 2.07 bits per heavy atom. The number of rotatable bonds is 6. The third kappa shape index (κ3) is 3.77. The van der Waals surface area contributed by atoms with Crippen molar-refractivity contribution in [2.75, 3.05) is 11.1 Å². The maximum atomic E-state index is 12.3. The second-order valence-electron chi connectivity index (χ2n) is 6.23. The van der Waals surface area contributed by atoms with Crippen LogP contribution < -0.4 is 11.1 Å². The number of thioether (sulfide) groups is 1. The van der Waals surface area contributed by atoms with E-state index in [2.05, 4.69) is 15.3 Å². The number of primary amides is 1. The molecule has 0 aliphatic heterocycles. The summed E-state index contributed by atoms with van der Waals surface area (Å²) >= 11 is 2.78. The zero-order valence-electron chi connectivity index (χ0n) is 14.5. The minimum absolute atomic E-state index is 0.180. The van der Waals surface area contributed by atoms with E-state index in [1.807, 2.05) is 30.3 Å². The van der Waals surface area contributed by atoms with Gasteiger partial charge in [-0.3, -0.25) is 9.59 Å². The molecule has 27 heavy (non-hydrogen) atoms. The number of amides is 2. The molecule has 0 fully saturated rings. The van der Waals surface area contributed by atoms with Crippen molar-refractivity contribution in [1.29, 1.82) is 0 Å². The molecule has 2 heterocycles. The number of benzene rings is 1. The molecular formula is C19H18N4O2S2. The number of hydrogen-bond donors (Lipinski definition) is 3. The zero-order valence-corrected chi connectivity index (χ0v) is 16.1. The molecule has 0 unspecified atom stereocenters. The highest BCUT2D eigenvalue weighted by atomic mass is 32.2. The predicted octanol–water partition coefficient (Wildman–Crippen LogP) is 3.46. The van der Waals surface area contributed by atoms with E-state index in [0.717, 1.165) is 41.0 Å². The number of aromatic amines is 1. The summed E-state index contributed by atoms with van der Waals surface area (Å²) in [6.07, 6.45) is 4.58. The SMILES string of the molecule is NC(=O)c1c(NC(=O)CSc2ncc(-c3ccccc3)[nH]2)sc2c1CCC2. The molecule has 2 amide bonds. The van der Waals surface area contributed by atoms with E-state index in [-0.39, 0.29) is 11.7 Å². The van der Waals surface area contributed by atoms with Crippen LogP contribution in [0.5, 0.6) is 0 Å². The van der Waals surface area contributed by atoms with Gasteiger partial charge in [0.05, 0.1) is 23.2 Å². The highest BCUT2D eigenvalue weighted by Gasteiger charge is 2.26. The number of nitrogens with zero attached hydrogens (tertiary/aromatic N) is 1. The maximum Gasteiger partial charge on any atom is 0.251 e. The predicted molar refractivity (Wildman–Crippen MR) is 108 cm³/mol. The van der Waals surface area contributed by atoms with Crippen LogP contribution in [-0.2, 0) is 17.6 Å². The average Bonchev–Trinajstić information content (AvgIpc) is 3.36. The summed E-state index contributed by atoms with van der Waals surface area (Å²) < 4.78 is 0. The van der Waals surface area contributed by atoms with Crippen molar-refractivity contribution in [3.63, 3.8) is 0 Å². The first-order chi connectivity index (χ1) is 13.1. The molecule has 0 spiro atoms. The number of aromatic nitrogens is 2. The molecule has 1 aliphatic carbocycles. The molecule has 0 saturated heterocycles. The Morgan fingerprint density at radius 3 is 2.85 bits per heavy atom. The number of carbonyl (C=O) groups is 2. The van der Waals surface area contributed by atoms with E-state index in [0.29, 0.717) is 15.7 Å². The highest BCUT2D eigenvalue weighted by Crippen LogP contribution is 2.38. The topological polar surface area (TPSA) is 101 Å². The second-order valence-corrected chi connectivity index (χ2v) is 8.30. The van der Waals surface area contributed by atoms with Crippen LogP contribution in [0, 0.1) is 0 Å². The lowest BCUT2D eigenvalue weighted by atomic mass is 10.1. The summed E-state index contributed by atoms with van der Waals surface area (Å²) in [7, 11) is 0. The van der Waals surface area contributed by atoms with Gasteiger partial charge < -0.3 is 16.0 Å². The molecule has 0 bridgehead atoms. The van der Waals surface area contributed by atoms with Crippen LogP contribution in [0.1, 0.15) is 27.2 Å². The summed E-state index contributed by atoms with van der Waals surface area (Å²) in [5.74, 6) is -0.460. The zero-order chi connectivity index (χ0) is 18.8.